The van der Waals surface area contributed by atoms with E-state index in [1.807, 2.05) is 63.8 Å². The average Bonchev–Trinajstić information content (AvgIpc) is 3.47. The van der Waals surface area contributed by atoms with Crippen molar-refractivity contribution in [3.05, 3.63) is 95.9 Å². The van der Waals surface area contributed by atoms with Crippen molar-refractivity contribution in [2.24, 2.45) is 0 Å². The smallest absolute Gasteiger partial charge is 0.259 e. The molecule has 0 radical (unpaired) electrons. The minimum absolute atomic E-state index is 0.0396. The summed E-state index contributed by atoms with van der Waals surface area (Å²) >= 11 is 0. The minimum atomic E-state index is 0.0396. The molecule has 1 amide bonds. The summed E-state index contributed by atoms with van der Waals surface area (Å²) in [6.45, 7) is 7.00. The maximum Gasteiger partial charge on any atom is 0.259 e. The summed E-state index contributed by atoms with van der Waals surface area (Å²) in [6.07, 6.45) is 3.93. The van der Waals surface area contributed by atoms with Crippen molar-refractivity contribution in [1.29, 1.82) is 0 Å². The van der Waals surface area contributed by atoms with E-state index >= 15 is 0 Å². The van der Waals surface area contributed by atoms with E-state index in [-0.39, 0.29) is 5.91 Å². The Kier molecular flexibility index (Phi) is 5.27. The number of rotatable bonds is 4. The van der Waals surface area contributed by atoms with Crippen LogP contribution in [0.4, 0.5) is 5.69 Å². The molecule has 0 atom stereocenters. The maximum atomic E-state index is 13.7. The Labute approximate surface area is 188 Å². The van der Waals surface area contributed by atoms with Crippen molar-refractivity contribution >= 4 is 11.6 Å². The number of para-hydroxylation sites is 1. The monoisotopic (exact) mass is 425 g/mol. The highest BCUT2D eigenvalue weighted by molar-refractivity contribution is 5.99. The lowest BCUT2D eigenvalue weighted by Crippen LogP contribution is -2.49. The van der Waals surface area contributed by atoms with Crippen LogP contribution in [-0.2, 0) is 0 Å². The van der Waals surface area contributed by atoms with Crippen LogP contribution >= 0.6 is 0 Å². The Morgan fingerprint density at radius 3 is 2.19 bits per heavy atom. The molecule has 1 aliphatic rings. The van der Waals surface area contributed by atoms with Crippen LogP contribution in [0.1, 0.15) is 21.6 Å². The fourth-order valence-electron chi connectivity index (χ4n) is 4.38. The number of carbonyl (C=O) groups is 1. The van der Waals surface area contributed by atoms with Crippen LogP contribution in [0.15, 0.2) is 79.1 Å². The largest absolute Gasteiger partial charge is 0.368 e. The van der Waals surface area contributed by atoms with Crippen LogP contribution in [0.3, 0.4) is 0 Å². The second kappa shape index (κ2) is 8.38. The molecule has 32 heavy (non-hydrogen) atoms. The first-order valence-corrected chi connectivity index (χ1v) is 11.0. The molecule has 2 aromatic carbocycles. The van der Waals surface area contributed by atoms with E-state index in [9.17, 15) is 4.79 Å². The molecule has 0 bridgehead atoms. The van der Waals surface area contributed by atoms with Crippen LogP contribution in [-0.4, -0.2) is 51.3 Å². The Bertz CT molecular complexity index is 1220. The fourth-order valence-corrected chi connectivity index (χ4v) is 4.38. The second-order valence-corrected chi connectivity index (χ2v) is 8.24. The van der Waals surface area contributed by atoms with Gasteiger partial charge in [0.15, 0.2) is 5.82 Å². The molecule has 0 spiro atoms. The Morgan fingerprint density at radius 1 is 0.812 bits per heavy atom. The number of amides is 1. The number of anilines is 1. The van der Waals surface area contributed by atoms with Crippen molar-refractivity contribution in [2.75, 3.05) is 31.1 Å². The van der Waals surface area contributed by atoms with Crippen LogP contribution in [0, 0.1) is 13.8 Å². The number of hydrogen-bond donors (Lipinski definition) is 0. The maximum absolute atomic E-state index is 13.7. The lowest BCUT2D eigenvalue weighted by atomic mass is 10.1. The molecule has 0 unspecified atom stereocenters. The summed E-state index contributed by atoms with van der Waals surface area (Å²) in [7, 11) is 0. The zero-order valence-corrected chi connectivity index (χ0v) is 18.5. The zero-order chi connectivity index (χ0) is 22.1. The highest BCUT2D eigenvalue weighted by atomic mass is 16.2. The molecule has 3 heterocycles. The molecule has 5 rings (SSSR count). The minimum Gasteiger partial charge on any atom is -0.368 e. The number of aryl methyl sites for hydroxylation is 2. The number of piperazine rings is 1. The third kappa shape index (κ3) is 3.68. The summed E-state index contributed by atoms with van der Waals surface area (Å²) < 4.78 is 3.87. The number of benzene rings is 2. The molecule has 6 heteroatoms. The molecular weight excluding hydrogens is 398 g/mol. The summed E-state index contributed by atoms with van der Waals surface area (Å²) in [5.41, 5.74) is 4.71. The Morgan fingerprint density at radius 2 is 1.50 bits per heavy atom. The van der Waals surface area contributed by atoms with E-state index in [4.69, 9.17) is 5.10 Å². The third-order valence-corrected chi connectivity index (χ3v) is 6.03. The first kappa shape index (κ1) is 20.1. The van der Waals surface area contributed by atoms with Gasteiger partial charge in [0.2, 0.25) is 0 Å². The van der Waals surface area contributed by atoms with Crippen molar-refractivity contribution in [3.63, 3.8) is 0 Å². The molecule has 0 N–H and O–H groups in total. The predicted molar refractivity (Wildman–Crippen MR) is 127 cm³/mol. The van der Waals surface area contributed by atoms with Gasteiger partial charge in [-0.25, -0.2) is 4.68 Å². The molecule has 1 fully saturated rings. The molecule has 162 valence electrons. The molecule has 2 aromatic heterocycles. The Balaban J connectivity index is 1.48. The van der Waals surface area contributed by atoms with Crippen LogP contribution in [0.2, 0.25) is 0 Å². The van der Waals surface area contributed by atoms with Gasteiger partial charge < -0.3 is 14.4 Å². The molecule has 1 aliphatic heterocycles. The standard InChI is InChI=1S/C26H27N5O/c1-20-9-8-12-23(19-20)31-25(29-13-6-7-14-29)24(21(2)27-31)26(32)30-17-15-28(16-18-30)22-10-4-3-5-11-22/h3-14,19H,15-18H2,1-2H3. The Hall–Kier alpha value is -3.80. The summed E-state index contributed by atoms with van der Waals surface area (Å²) in [4.78, 5) is 18.0. The van der Waals surface area contributed by atoms with Crippen LogP contribution < -0.4 is 4.90 Å². The van der Waals surface area contributed by atoms with Gasteiger partial charge in [0.1, 0.15) is 5.56 Å². The molecule has 1 saturated heterocycles. The first-order valence-electron chi connectivity index (χ1n) is 11.0. The van der Waals surface area contributed by atoms with E-state index < -0.39 is 0 Å². The van der Waals surface area contributed by atoms with Gasteiger partial charge in [0.25, 0.3) is 5.91 Å². The van der Waals surface area contributed by atoms with Gasteiger partial charge in [-0.2, -0.15) is 5.10 Å². The summed E-state index contributed by atoms with van der Waals surface area (Å²) in [5, 5.41) is 4.79. The lowest BCUT2D eigenvalue weighted by Gasteiger charge is -2.36. The van der Waals surface area contributed by atoms with Crippen molar-refractivity contribution in [1.82, 2.24) is 19.2 Å². The van der Waals surface area contributed by atoms with Crippen molar-refractivity contribution in [2.45, 2.75) is 13.8 Å². The SMILES string of the molecule is Cc1cccc(-n2nc(C)c(C(=O)N3CCN(c4ccccc4)CC3)c2-n2cccc2)c1. The normalized spacial score (nSPS) is 14.1. The zero-order valence-electron chi connectivity index (χ0n) is 18.5. The fraction of sp³-hybridized carbons (Fsp3) is 0.231. The highest BCUT2D eigenvalue weighted by Gasteiger charge is 2.29. The van der Waals surface area contributed by atoms with Gasteiger partial charge in [-0.1, -0.05) is 30.3 Å². The van der Waals surface area contributed by atoms with Crippen LogP contribution in [0.25, 0.3) is 11.5 Å². The quantitative estimate of drug-likeness (QED) is 0.491. The van der Waals surface area contributed by atoms with E-state index in [0.717, 1.165) is 35.9 Å². The summed E-state index contributed by atoms with van der Waals surface area (Å²) in [5.74, 6) is 0.825. The molecule has 0 saturated carbocycles. The third-order valence-electron chi connectivity index (χ3n) is 6.03. The number of hydrogen-bond acceptors (Lipinski definition) is 3. The van der Waals surface area contributed by atoms with Gasteiger partial charge in [-0.05, 0) is 55.8 Å². The highest BCUT2D eigenvalue weighted by Crippen LogP contribution is 2.26. The van der Waals surface area contributed by atoms with Gasteiger partial charge >= 0.3 is 0 Å². The number of aromatic nitrogens is 3. The topological polar surface area (TPSA) is 46.3 Å². The molecule has 4 aromatic rings. The van der Waals surface area contributed by atoms with E-state index in [0.29, 0.717) is 18.7 Å². The predicted octanol–water partition coefficient (Wildman–Crippen LogP) is 4.24. The van der Waals surface area contributed by atoms with Gasteiger partial charge in [0, 0.05) is 44.3 Å². The van der Waals surface area contributed by atoms with Gasteiger partial charge in [0.05, 0.1) is 11.4 Å². The first-order chi connectivity index (χ1) is 15.6. The van der Waals surface area contributed by atoms with Crippen molar-refractivity contribution in [3.8, 4) is 11.5 Å². The molecular formula is C26H27N5O. The molecule has 0 aliphatic carbocycles. The van der Waals surface area contributed by atoms with E-state index in [2.05, 4.69) is 48.2 Å². The van der Waals surface area contributed by atoms with Crippen molar-refractivity contribution < 1.29 is 4.79 Å². The second-order valence-electron chi connectivity index (χ2n) is 8.24. The number of nitrogens with zero attached hydrogens (tertiary/aromatic N) is 5. The number of carbonyl (C=O) groups excluding carboxylic acids is 1. The average molecular weight is 426 g/mol. The lowest BCUT2D eigenvalue weighted by molar-refractivity contribution is 0.0746. The molecule has 6 nitrogen and oxygen atoms in total. The van der Waals surface area contributed by atoms with Gasteiger partial charge in [-0.3, -0.25) is 4.79 Å². The van der Waals surface area contributed by atoms with Gasteiger partial charge in [-0.15, -0.1) is 0 Å². The van der Waals surface area contributed by atoms with Crippen LogP contribution in [0.5, 0.6) is 0 Å². The van der Waals surface area contributed by atoms with E-state index in [1.165, 1.54) is 5.69 Å². The summed E-state index contributed by atoms with van der Waals surface area (Å²) in [6, 6.07) is 22.5. The van der Waals surface area contributed by atoms with E-state index in [1.54, 1.807) is 0 Å².